The van der Waals surface area contributed by atoms with E-state index in [9.17, 15) is 9.59 Å². The summed E-state index contributed by atoms with van der Waals surface area (Å²) in [7, 11) is 0. The standard InChI is InChI=1S/C23H28N2O3/c1-17-15-18(16-26)5-10-21(17)19-6-8-20(9-7-19)24-11-13-25(14-12-24)22(27)28-23(2,3)4/h5-10,15-16H,11-14H2,1-4H3. The van der Waals surface area contributed by atoms with E-state index in [4.69, 9.17) is 4.74 Å². The van der Waals surface area contributed by atoms with Crippen LogP contribution in [0, 0.1) is 6.92 Å². The lowest BCUT2D eigenvalue weighted by Gasteiger charge is -2.36. The minimum atomic E-state index is -0.466. The summed E-state index contributed by atoms with van der Waals surface area (Å²) in [5, 5.41) is 0. The van der Waals surface area contributed by atoms with E-state index in [1.54, 1.807) is 4.90 Å². The molecule has 1 saturated heterocycles. The van der Waals surface area contributed by atoms with Gasteiger partial charge in [-0.2, -0.15) is 0 Å². The second kappa shape index (κ2) is 8.05. The number of rotatable bonds is 3. The fraction of sp³-hybridized carbons (Fsp3) is 0.391. The summed E-state index contributed by atoms with van der Waals surface area (Å²) in [6, 6.07) is 14.2. The van der Waals surface area contributed by atoms with Gasteiger partial charge >= 0.3 is 6.09 Å². The van der Waals surface area contributed by atoms with E-state index in [0.29, 0.717) is 18.7 Å². The molecule has 0 radical (unpaired) electrons. The van der Waals surface area contributed by atoms with Gasteiger partial charge in [-0.1, -0.05) is 24.3 Å². The van der Waals surface area contributed by atoms with Gasteiger partial charge in [0.2, 0.25) is 0 Å². The van der Waals surface area contributed by atoms with Gasteiger partial charge in [0.1, 0.15) is 11.9 Å². The predicted octanol–water partition coefficient (Wildman–Crippen LogP) is 4.53. The molecular formula is C23H28N2O3. The Morgan fingerprint density at radius 3 is 2.18 bits per heavy atom. The average molecular weight is 380 g/mol. The van der Waals surface area contributed by atoms with Crippen LogP contribution in [0.25, 0.3) is 11.1 Å². The largest absolute Gasteiger partial charge is 0.444 e. The molecule has 3 rings (SSSR count). The first-order valence-corrected chi connectivity index (χ1v) is 9.66. The summed E-state index contributed by atoms with van der Waals surface area (Å²) < 4.78 is 5.46. The van der Waals surface area contributed by atoms with Crippen molar-refractivity contribution in [1.82, 2.24) is 4.90 Å². The highest BCUT2D eigenvalue weighted by Gasteiger charge is 2.25. The number of hydrogen-bond donors (Lipinski definition) is 0. The van der Waals surface area contributed by atoms with Gasteiger partial charge in [-0.25, -0.2) is 4.79 Å². The number of hydrogen-bond acceptors (Lipinski definition) is 4. The Morgan fingerprint density at radius 2 is 1.64 bits per heavy atom. The van der Waals surface area contributed by atoms with Crippen molar-refractivity contribution < 1.29 is 14.3 Å². The van der Waals surface area contributed by atoms with Crippen molar-refractivity contribution in [2.24, 2.45) is 0 Å². The average Bonchev–Trinajstić information content (AvgIpc) is 2.67. The van der Waals surface area contributed by atoms with E-state index >= 15 is 0 Å². The highest BCUT2D eigenvalue weighted by atomic mass is 16.6. The van der Waals surface area contributed by atoms with E-state index in [0.717, 1.165) is 41.8 Å². The number of aryl methyl sites for hydroxylation is 1. The zero-order chi connectivity index (χ0) is 20.3. The Kier molecular flexibility index (Phi) is 5.73. The lowest BCUT2D eigenvalue weighted by atomic mass is 9.98. The van der Waals surface area contributed by atoms with Gasteiger partial charge in [-0.3, -0.25) is 4.79 Å². The van der Waals surface area contributed by atoms with Crippen molar-refractivity contribution >= 4 is 18.1 Å². The number of ether oxygens (including phenoxy) is 1. The van der Waals surface area contributed by atoms with Gasteiger partial charge in [0, 0.05) is 37.4 Å². The van der Waals surface area contributed by atoms with Crippen LogP contribution < -0.4 is 4.90 Å². The molecule has 0 unspecified atom stereocenters. The van der Waals surface area contributed by atoms with Gasteiger partial charge in [0.15, 0.2) is 0 Å². The number of amides is 1. The smallest absolute Gasteiger partial charge is 0.410 e. The van der Waals surface area contributed by atoms with Crippen LogP contribution in [0.15, 0.2) is 42.5 Å². The maximum Gasteiger partial charge on any atom is 0.410 e. The van der Waals surface area contributed by atoms with E-state index < -0.39 is 5.60 Å². The van der Waals surface area contributed by atoms with Crippen molar-refractivity contribution in [3.8, 4) is 11.1 Å². The molecule has 0 atom stereocenters. The third-order valence-corrected chi connectivity index (χ3v) is 4.86. The molecule has 0 saturated carbocycles. The Morgan fingerprint density at radius 1 is 1.00 bits per heavy atom. The summed E-state index contributed by atoms with van der Waals surface area (Å²) in [5.41, 5.74) is 4.73. The molecule has 2 aromatic carbocycles. The van der Waals surface area contributed by atoms with Crippen molar-refractivity contribution in [1.29, 1.82) is 0 Å². The zero-order valence-electron chi connectivity index (χ0n) is 17.1. The molecule has 28 heavy (non-hydrogen) atoms. The van der Waals surface area contributed by atoms with Crippen molar-refractivity contribution in [2.45, 2.75) is 33.3 Å². The van der Waals surface area contributed by atoms with Crippen molar-refractivity contribution in [3.63, 3.8) is 0 Å². The molecule has 148 valence electrons. The van der Waals surface area contributed by atoms with E-state index in [2.05, 4.69) is 29.2 Å². The number of aldehydes is 1. The lowest BCUT2D eigenvalue weighted by Crippen LogP contribution is -2.50. The Balaban J connectivity index is 1.64. The topological polar surface area (TPSA) is 49.9 Å². The van der Waals surface area contributed by atoms with Gasteiger partial charge in [-0.15, -0.1) is 0 Å². The second-order valence-corrected chi connectivity index (χ2v) is 8.19. The van der Waals surface area contributed by atoms with Crippen LogP contribution in [-0.2, 0) is 4.74 Å². The molecule has 1 fully saturated rings. The first kappa shape index (κ1) is 19.9. The SMILES string of the molecule is Cc1cc(C=O)ccc1-c1ccc(N2CCN(C(=O)OC(C)(C)C)CC2)cc1. The summed E-state index contributed by atoms with van der Waals surface area (Å²) in [6.07, 6.45) is 0.633. The van der Waals surface area contributed by atoms with E-state index in [1.165, 1.54) is 0 Å². The van der Waals surface area contributed by atoms with Crippen LogP contribution in [0.5, 0.6) is 0 Å². The fourth-order valence-corrected chi connectivity index (χ4v) is 3.41. The molecule has 2 aromatic rings. The van der Waals surface area contributed by atoms with Gasteiger partial charge < -0.3 is 14.5 Å². The summed E-state index contributed by atoms with van der Waals surface area (Å²) in [4.78, 5) is 27.2. The summed E-state index contributed by atoms with van der Waals surface area (Å²) in [5.74, 6) is 0. The number of nitrogens with zero attached hydrogens (tertiary/aromatic N) is 2. The highest BCUT2D eigenvalue weighted by Crippen LogP contribution is 2.27. The van der Waals surface area contributed by atoms with Crippen LogP contribution in [0.4, 0.5) is 10.5 Å². The zero-order valence-corrected chi connectivity index (χ0v) is 17.1. The van der Waals surface area contributed by atoms with Gasteiger partial charge in [-0.05, 0) is 62.6 Å². The van der Waals surface area contributed by atoms with Crippen molar-refractivity contribution in [3.05, 3.63) is 53.6 Å². The minimum absolute atomic E-state index is 0.239. The highest BCUT2D eigenvalue weighted by molar-refractivity contribution is 5.79. The molecule has 0 bridgehead atoms. The Labute approximate surface area is 166 Å². The third-order valence-electron chi connectivity index (χ3n) is 4.86. The lowest BCUT2D eigenvalue weighted by molar-refractivity contribution is 0.0240. The molecule has 1 aliphatic heterocycles. The number of carbonyl (C=O) groups is 2. The Bertz CT molecular complexity index is 845. The first-order valence-electron chi connectivity index (χ1n) is 9.66. The molecule has 5 nitrogen and oxygen atoms in total. The maximum absolute atomic E-state index is 12.2. The number of piperazine rings is 1. The van der Waals surface area contributed by atoms with Gasteiger partial charge in [0.25, 0.3) is 0 Å². The normalized spacial score (nSPS) is 14.7. The summed E-state index contributed by atoms with van der Waals surface area (Å²) in [6.45, 7) is 10.6. The molecule has 0 N–H and O–H groups in total. The molecule has 0 spiro atoms. The van der Waals surface area contributed by atoms with Crippen LogP contribution >= 0.6 is 0 Å². The van der Waals surface area contributed by atoms with Crippen molar-refractivity contribution in [2.75, 3.05) is 31.1 Å². The Hall–Kier alpha value is -2.82. The molecule has 5 heteroatoms. The first-order chi connectivity index (χ1) is 13.3. The molecule has 1 heterocycles. The predicted molar refractivity (Wildman–Crippen MR) is 112 cm³/mol. The number of benzene rings is 2. The molecule has 1 amide bonds. The molecular weight excluding hydrogens is 352 g/mol. The second-order valence-electron chi connectivity index (χ2n) is 8.19. The number of carbonyl (C=O) groups excluding carboxylic acids is 2. The molecule has 1 aliphatic rings. The van der Waals surface area contributed by atoms with Crippen LogP contribution in [0.1, 0.15) is 36.7 Å². The van der Waals surface area contributed by atoms with E-state index in [1.807, 2.05) is 45.9 Å². The summed E-state index contributed by atoms with van der Waals surface area (Å²) >= 11 is 0. The van der Waals surface area contributed by atoms with Crippen LogP contribution in [-0.4, -0.2) is 49.1 Å². The van der Waals surface area contributed by atoms with Crippen LogP contribution in [0.2, 0.25) is 0 Å². The number of anilines is 1. The van der Waals surface area contributed by atoms with E-state index in [-0.39, 0.29) is 6.09 Å². The maximum atomic E-state index is 12.2. The molecule has 0 aliphatic carbocycles. The minimum Gasteiger partial charge on any atom is -0.444 e. The third kappa shape index (κ3) is 4.71. The fourth-order valence-electron chi connectivity index (χ4n) is 3.41. The van der Waals surface area contributed by atoms with Crippen LogP contribution in [0.3, 0.4) is 0 Å². The van der Waals surface area contributed by atoms with Gasteiger partial charge in [0.05, 0.1) is 0 Å². The monoisotopic (exact) mass is 380 g/mol. The molecule has 0 aromatic heterocycles. The quantitative estimate of drug-likeness (QED) is 0.734.